The van der Waals surface area contributed by atoms with Crippen molar-refractivity contribution in [3.63, 3.8) is 0 Å². The molecule has 1 aromatic rings. The first-order valence-electron chi connectivity index (χ1n) is 4.24. The Morgan fingerprint density at radius 2 is 2.07 bits per heavy atom. The number of nitriles is 1. The highest BCUT2D eigenvalue weighted by atomic mass is 19.4. The van der Waals surface area contributed by atoms with E-state index in [-0.39, 0.29) is 0 Å². The monoisotopic (exact) mass is 214 g/mol. The van der Waals surface area contributed by atoms with Crippen molar-refractivity contribution >= 4 is 5.69 Å². The van der Waals surface area contributed by atoms with Crippen molar-refractivity contribution < 1.29 is 13.2 Å². The van der Waals surface area contributed by atoms with Crippen molar-refractivity contribution in [3.8, 4) is 6.07 Å². The van der Waals surface area contributed by atoms with Gasteiger partial charge in [-0.15, -0.1) is 0 Å². The molecular weight excluding hydrogens is 205 g/mol. The Balaban J connectivity index is 2.83. The van der Waals surface area contributed by atoms with Crippen LogP contribution >= 0.6 is 0 Å². The van der Waals surface area contributed by atoms with E-state index < -0.39 is 12.7 Å². The molecule has 0 aliphatic rings. The summed E-state index contributed by atoms with van der Waals surface area (Å²) in [5.74, 6) is 0. The Morgan fingerprint density at radius 1 is 1.40 bits per heavy atom. The van der Waals surface area contributed by atoms with Gasteiger partial charge in [0.25, 0.3) is 0 Å². The molecule has 0 unspecified atom stereocenters. The Morgan fingerprint density at radius 3 is 2.60 bits per heavy atom. The summed E-state index contributed by atoms with van der Waals surface area (Å²) in [6.45, 7) is 0.514. The molecule has 1 N–H and O–H groups in total. The lowest BCUT2D eigenvalue weighted by atomic mass is 10.1. The van der Waals surface area contributed by atoms with E-state index in [4.69, 9.17) is 5.26 Å². The van der Waals surface area contributed by atoms with Gasteiger partial charge in [0.1, 0.15) is 6.54 Å². The summed E-state index contributed by atoms with van der Waals surface area (Å²) in [5.41, 5.74) is 1.25. The molecule has 0 spiro atoms. The molecule has 2 nitrogen and oxygen atoms in total. The van der Waals surface area contributed by atoms with E-state index in [2.05, 4.69) is 5.32 Å². The summed E-state index contributed by atoms with van der Waals surface area (Å²) >= 11 is 0. The number of hydrogen-bond donors (Lipinski definition) is 1. The van der Waals surface area contributed by atoms with Crippen LogP contribution in [-0.2, 0) is 0 Å². The summed E-state index contributed by atoms with van der Waals surface area (Å²) in [7, 11) is 0. The summed E-state index contributed by atoms with van der Waals surface area (Å²) in [6, 6.07) is 6.54. The van der Waals surface area contributed by atoms with Gasteiger partial charge in [-0.1, -0.05) is 6.07 Å². The van der Waals surface area contributed by atoms with Crippen LogP contribution < -0.4 is 5.32 Å². The molecule has 0 radical (unpaired) electrons. The zero-order valence-electron chi connectivity index (χ0n) is 8.02. The van der Waals surface area contributed by atoms with Crippen LogP contribution in [0.2, 0.25) is 0 Å². The molecule has 5 heteroatoms. The number of anilines is 1. The van der Waals surface area contributed by atoms with Gasteiger partial charge in [-0.2, -0.15) is 18.4 Å². The summed E-state index contributed by atoms with van der Waals surface area (Å²) in [4.78, 5) is 0. The van der Waals surface area contributed by atoms with Crippen LogP contribution in [-0.4, -0.2) is 12.7 Å². The summed E-state index contributed by atoms with van der Waals surface area (Å²) < 4.78 is 35.8. The molecular formula is C10H9F3N2. The maximum absolute atomic E-state index is 11.9. The average Bonchev–Trinajstić information content (AvgIpc) is 2.15. The van der Waals surface area contributed by atoms with Crippen molar-refractivity contribution in [2.24, 2.45) is 0 Å². The normalized spacial score (nSPS) is 10.9. The fraction of sp³-hybridized carbons (Fsp3) is 0.300. The molecule has 0 atom stereocenters. The molecule has 0 aromatic heterocycles. The first-order valence-corrected chi connectivity index (χ1v) is 4.24. The largest absolute Gasteiger partial charge is 0.405 e. The van der Waals surface area contributed by atoms with Crippen LogP contribution in [0.1, 0.15) is 11.1 Å². The van der Waals surface area contributed by atoms with Crippen LogP contribution in [0.5, 0.6) is 0 Å². The van der Waals surface area contributed by atoms with E-state index in [0.29, 0.717) is 16.8 Å². The van der Waals surface area contributed by atoms with Crippen LogP contribution in [0.15, 0.2) is 18.2 Å². The molecule has 0 aliphatic heterocycles. The van der Waals surface area contributed by atoms with E-state index in [1.807, 2.05) is 6.07 Å². The van der Waals surface area contributed by atoms with Crippen LogP contribution in [0.25, 0.3) is 0 Å². The Bertz CT molecular complexity index is 391. The van der Waals surface area contributed by atoms with Gasteiger partial charge in [0.15, 0.2) is 0 Å². The maximum Gasteiger partial charge on any atom is 0.405 e. The van der Waals surface area contributed by atoms with Crippen LogP contribution in [0, 0.1) is 18.3 Å². The van der Waals surface area contributed by atoms with Gasteiger partial charge < -0.3 is 5.32 Å². The average molecular weight is 214 g/mol. The van der Waals surface area contributed by atoms with Gasteiger partial charge in [0.2, 0.25) is 0 Å². The van der Waals surface area contributed by atoms with E-state index in [0.717, 1.165) is 0 Å². The fourth-order valence-electron chi connectivity index (χ4n) is 1.14. The molecule has 0 aliphatic carbocycles. The first kappa shape index (κ1) is 11.4. The highest BCUT2D eigenvalue weighted by Crippen LogP contribution is 2.21. The topological polar surface area (TPSA) is 35.8 Å². The lowest BCUT2D eigenvalue weighted by molar-refractivity contribution is -0.115. The van der Waals surface area contributed by atoms with E-state index in [1.165, 1.54) is 6.07 Å². The highest BCUT2D eigenvalue weighted by Gasteiger charge is 2.26. The number of rotatable bonds is 2. The summed E-state index contributed by atoms with van der Waals surface area (Å²) in [5, 5.41) is 10.9. The minimum Gasteiger partial charge on any atom is -0.376 e. The number of nitrogens with one attached hydrogen (secondary N) is 1. The molecule has 15 heavy (non-hydrogen) atoms. The third-order valence-corrected chi connectivity index (χ3v) is 1.93. The zero-order valence-corrected chi connectivity index (χ0v) is 8.02. The van der Waals surface area contributed by atoms with Crippen LogP contribution in [0.3, 0.4) is 0 Å². The SMILES string of the molecule is Cc1c(C#N)cccc1NCC(F)(F)F. The molecule has 1 aromatic carbocycles. The smallest absolute Gasteiger partial charge is 0.376 e. The zero-order chi connectivity index (χ0) is 11.5. The van der Waals surface area contributed by atoms with Crippen LogP contribution in [0.4, 0.5) is 18.9 Å². The lowest BCUT2D eigenvalue weighted by Crippen LogP contribution is -2.21. The van der Waals surface area contributed by atoms with Gasteiger partial charge in [-0.3, -0.25) is 0 Å². The van der Waals surface area contributed by atoms with Gasteiger partial charge in [-0.05, 0) is 24.6 Å². The summed E-state index contributed by atoms with van der Waals surface area (Å²) in [6.07, 6.45) is -4.25. The van der Waals surface area contributed by atoms with Crippen molar-refractivity contribution in [1.29, 1.82) is 5.26 Å². The Labute approximate surface area is 85.3 Å². The highest BCUT2D eigenvalue weighted by molar-refractivity contribution is 5.57. The molecule has 0 fully saturated rings. The second-order valence-electron chi connectivity index (χ2n) is 3.06. The number of nitrogens with zero attached hydrogens (tertiary/aromatic N) is 1. The molecule has 0 saturated heterocycles. The first-order chi connectivity index (χ1) is 6.94. The van der Waals surface area contributed by atoms with Crippen molar-refractivity contribution in [2.75, 3.05) is 11.9 Å². The third kappa shape index (κ3) is 3.17. The van der Waals surface area contributed by atoms with Gasteiger partial charge >= 0.3 is 6.18 Å². The van der Waals surface area contributed by atoms with Gasteiger partial charge in [0, 0.05) is 5.69 Å². The van der Waals surface area contributed by atoms with Crippen molar-refractivity contribution in [1.82, 2.24) is 0 Å². The number of halogens is 3. The van der Waals surface area contributed by atoms with Crippen molar-refractivity contribution in [2.45, 2.75) is 13.1 Å². The number of hydrogen-bond acceptors (Lipinski definition) is 2. The number of alkyl halides is 3. The number of benzene rings is 1. The minimum absolute atomic E-state index is 0.339. The van der Waals surface area contributed by atoms with Crippen molar-refractivity contribution in [3.05, 3.63) is 29.3 Å². The standard InChI is InChI=1S/C10H9F3N2/c1-7-8(5-14)3-2-4-9(7)15-6-10(11,12)13/h2-4,15H,6H2,1H3. The van der Waals surface area contributed by atoms with E-state index >= 15 is 0 Å². The molecule has 0 amide bonds. The third-order valence-electron chi connectivity index (χ3n) is 1.93. The molecule has 80 valence electrons. The molecule has 1 rings (SSSR count). The second-order valence-corrected chi connectivity index (χ2v) is 3.06. The van der Waals surface area contributed by atoms with E-state index in [1.54, 1.807) is 19.1 Å². The predicted octanol–water partition coefficient (Wildman–Crippen LogP) is 2.84. The van der Waals surface area contributed by atoms with E-state index in [9.17, 15) is 13.2 Å². The molecule has 0 heterocycles. The molecule has 0 bridgehead atoms. The van der Waals surface area contributed by atoms with Gasteiger partial charge in [-0.25, -0.2) is 0 Å². The predicted molar refractivity (Wildman–Crippen MR) is 50.4 cm³/mol. The Kier molecular flexibility index (Phi) is 3.20. The quantitative estimate of drug-likeness (QED) is 0.821. The Hall–Kier alpha value is -1.70. The lowest BCUT2D eigenvalue weighted by Gasteiger charge is -2.12. The van der Waals surface area contributed by atoms with Gasteiger partial charge in [0.05, 0.1) is 11.6 Å². The molecule has 0 saturated carbocycles. The minimum atomic E-state index is -4.25. The fourth-order valence-corrected chi connectivity index (χ4v) is 1.14. The maximum atomic E-state index is 11.9. The second kappa shape index (κ2) is 4.22.